The molecule has 2 aliphatic heterocycles. The van der Waals surface area contributed by atoms with E-state index >= 15 is 0 Å². The van der Waals surface area contributed by atoms with Crippen LogP contribution in [0.2, 0.25) is 0 Å². The Balaban J connectivity index is 1.70. The molecule has 16 heavy (non-hydrogen) atoms. The third-order valence-electron chi connectivity index (χ3n) is 2.88. The maximum Gasteiger partial charge on any atom is 0.315 e. The normalized spacial score (nSPS) is 31.8. The van der Waals surface area contributed by atoms with Crippen LogP contribution in [0.5, 0.6) is 0 Å². The van der Waals surface area contributed by atoms with Crippen molar-refractivity contribution in [1.29, 1.82) is 0 Å². The van der Waals surface area contributed by atoms with Gasteiger partial charge in [-0.15, -0.1) is 0 Å². The van der Waals surface area contributed by atoms with Gasteiger partial charge in [0, 0.05) is 17.9 Å². The third kappa shape index (κ3) is 2.61. The van der Waals surface area contributed by atoms with Gasteiger partial charge < -0.3 is 15.4 Å². The number of esters is 1. The Morgan fingerprint density at radius 2 is 2.38 bits per heavy atom. The highest BCUT2D eigenvalue weighted by atomic mass is 32.2. The lowest BCUT2D eigenvalue weighted by Crippen LogP contribution is -2.36. The fourth-order valence-corrected chi connectivity index (χ4v) is 3.69. The zero-order valence-corrected chi connectivity index (χ0v) is 10.0. The van der Waals surface area contributed by atoms with Gasteiger partial charge >= 0.3 is 12.0 Å². The molecule has 0 aliphatic carbocycles. The summed E-state index contributed by atoms with van der Waals surface area (Å²) in [6, 6.07) is 0.464. The largest absolute Gasteiger partial charge is 0.466 e. The van der Waals surface area contributed by atoms with Crippen molar-refractivity contribution in [3.63, 3.8) is 0 Å². The van der Waals surface area contributed by atoms with Gasteiger partial charge in [0.25, 0.3) is 0 Å². The molecule has 5 nitrogen and oxygen atoms in total. The number of nitrogens with one attached hydrogen (secondary N) is 2. The van der Waals surface area contributed by atoms with Crippen LogP contribution in [0.3, 0.4) is 0 Å². The maximum atomic E-state index is 11.1. The van der Waals surface area contributed by atoms with Crippen LogP contribution in [0.4, 0.5) is 4.79 Å². The number of hydrogen-bond donors (Lipinski definition) is 2. The van der Waals surface area contributed by atoms with E-state index in [-0.39, 0.29) is 24.1 Å². The molecule has 2 rings (SSSR count). The van der Waals surface area contributed by atoms with E-state index in [1.54, 1.807) is 0 Å². The van der Waals surface area contributed by atoms with Crippen LogP contribution in [0, 0.1) is 0 Å². The van der Waals surface area contributed by atoms with E-state index < -0.39 is 0 Å². The minimum atomic E-state index is -0.229. The summed E-state index contributed by atoms with van der Waals surface area (Å²) in [5.74, 6) is 0.745. The van der Waals surface area contributed by atoms with Crippen LogP contribution >= 0.6 is 11.8 Å². The van der Waals surface area contributed by atoms with Gasteiger partial charge in [-0.2, -0.15) is 11.8 Å². The monoisotopic (exact) mass is 244 g/mol. The van der Waals surface area contributed by atoms with Crippen LogP contribution in [0.25, 0.3) is 0 Å². The van der Waals surface area contributed by atoms with Gasteiger partial charge in [0.2, 0.25) is 0 Å². The molecule has 0 spiro atoms. The lowest BCUT2D eigenvalue weighted by Gasteiger charge is -2.16. The summed E-state index contributed by atoms with van der Waals surface area (Å²) in [5, 5.41) is 6.28. The van der Waals surface area contributed by atoms with Gasteiger partial charge in [-0.05, 0) is 12.8 Å². The van der Waals surface area contributed by atoms with Crippen molar-refractivity contribution in [2.24, 2.45) is 0 Å². The Morgan fingerprint density at radius 3 is 3.12 bits per heavy atom. The Morgan fingerprint density at radius 1 is 1.56 bits per heavy atom. The Hall–Kier alpha value is -0.910. The van der Waals surface area contributed by atoms with Gasteiger partial charge in [-0.3, -0.25) is 4.79 Å². The molecule has 6 heteroatoms. The van der Waals surface area contributed by atoms with Crippen molar-refractivity contribution in [2.75, 3.05) is 12.4 Å². The first-order valence-electron chi connectivity index (χ1n) is 5.49. The second kappa shape index (κ2) is 4.95. The van der Waals surface area contributed by atoms with Gasteiger partial charge in [0.1, 0.15) is 0 Å². The minimum Gasteiger partial charge on any atom is -0.466 e. The highest BCUT2D eigenvalue weighted by molar-refractivity contribution is 8.00. The summed E-state index contributed by atoms with van der Waals surface area (Å²) in [6.45, 7) is 1.90. The summed E-state index contributed by atoms with van der Waals surface area (Å²) in [5.41, 5.74) is 0. The number of hydrogen-bond acceptors (Lipinski definition) is 4. The summed E-state index contributed by atoms with van der Waals surface area (Å²) >= 11 is 1.88. The molecule has 2 amide bonds. The number of urea groups is 1. The standard InChI is InChI=1S/C10H16N2O3S/c1-6(13)15-4-2-3-8-9-7(5-16-8)11-10(14)12-9/h7-9H,2-5H2,1H3,(H2,11,12,14). The topological polar surface area (TPSA) is 67.4 Å². The van der Waals surface area contributed by atoms with E-state index in [0.717, 1.165) is 18.6 Å². The van der Waals surface area contributed by atoms with E-state index in [1.165, 1.54) is 6.92 Å². The summed E-state index contributed by atoms with van der Waals surface area (Å²) in [7, 11) is 0. The molecule has 0 aromatic rings. The molecule has 0 aromatic carbocycles. The van der Waals surface area contributed by atoms with E-state index in [0.29, 0.717) is 11.9 Å². The SMILES string of the molecule is CC(=O)OCCCC1SCC2NC(=O)NC21. The fourth-order valence-electron chi connectivity index (χ4n) is 2.14. The Bertz CT molecular complexity index is 298. The smallest absolute Gasteiger partial charge is 0.315 e. The minimum absolute atomic E-state index is 0.0553. The number of rotatable bonds is 4. The number of fused-ring (bicyclic) bond motifs is 1. The average Bonchev–Trinajstić information content (AvgIpc) is 2.72. The highest BCUT2D eigenvalue weighted by Crippen LogP contribution is 2.32. The molecule has 0 aromatic heterocycles. The third-order valence-corrected chi connectivity index (χ3v) is 4.39. The van der Waals surface area contributed by atoms with E-state index in [2.05, 4.69) is 10.6 Å². The molecule has 3 unspecified atom stereocenters. The Labute approximate surface area is 98.7 Å². The van der Waals surface area contributed by atoms with Crippen molar-refractivity contribution in [3.05, 3.63) is 0 Å². The van der Waals surface area contributed by atoms with Crippen molar-refractivity contribution >= 4 is 23.8 Å². The number of thioether (sulfide) groups is 1. The quantitative estimate of drug-likeness (QED) is 0.429. The second-order valence-corrected chi connectivity index (χ2v) is 5.38. The Kier molecular flexibility index (Phi) is 3.58. The molecule has 2 heterocycles. The van der Waals surface area contributed by atoms with Crippen LogP contribution in [0.15, 0.2) is 0 Å². The van der Waals surface area contributed by atoms with Crippen LogP contribution in [0.1, 0.15) is 19.8 Å². The molecule has 0 bridgehead atoms. The van der Waals surface area contributed by atoms with E-state index in [9.17, 15) is 9.59 Å². The summed E-state index contributed by atoms with van der Waals surface area (Å²) in [6.07, 6.45) is 1.83. The van der Waals surface area contributed by atoms with Crippen LogP contribution < -0.4 is 10.6 Å². The first kappa shape index (κ1) is 11.6. The highest BCUT2D eigenvalue weighted by Gasteiger charge is 2.42. The lowest BCUT2D eigenvalue weighted by molar-refractivity contribution is -0.141. The summed E-state index contributed by atoms with van der Waals surface area (Å²) < 4.78 is 4.88. The molecule has 0 radical (unpaired) electrons. The van der Waals surface area contributed by atoms with Gasteiger partial charge in [-0.1, -0.05) is 0 Å². The molecule has 2 aliphatic rings. The number of carbonyl (C=O) groups is 2. The molecular formula is C10H16N2O3S. The van der Waals surface area contributed by atoms with Crippen LogP contribution in [-0.4, -0.2) is 41.7 Å². The number of ether oxygens (including phenoxy) is 1. The fraction of sp³-hybridized carbons (Fsp3) is 0.800. The van der Waals surface area contributed by atoms with Crippen molar-refractivity contribution in [2.45, 2.75) is 37.1 Å². The molecular weight excluding hydrogens is 228 g/mol. The molecule has 3 atom stereocenters. The second-order valence-electron chi connectivity index (χ2n) is 4.10. The zero-order valence-electron chi connectivity index (χ0n) is 9.19. The van der Waals surface area contributed by atoms with Crippen molar-refractivity contribution < 1.29 is 14.3 Å². The first-order chi connectivity index (χ1) is 7.66. The van der Waals surface area contributed by atoms with Gasteiger partial charge in [-0.25, -0.2) is 4.79 Å². The zero-order chi connectivity index (χ0) is 11.5. The summed E-state index contributed by atoms with van der Waals surface area (Å²) in [4.78, 5) is 21.7. The van der Waals surface area contributed by atoms with E-state index in [1.807, 2.05) is 11.8 Å². The molecule has 90 valence electrons. The first-order valence-corrected chi connectivity index (χ1v) is 6.53. The molecule has 2 fully saturated rings. The molecule has 2 saturated heterocycles. The maximum absolute atomic E-state index is 11.1. The van der Waals surface area contributed by atoms with Crippen LogP contribution in [-0.2, 0) is 9.53 Å². The van der Waals surface area contributed by atoms with Gasteiger partial charge in [0.05, 0.1) is 18.7 Å². The van der Waals surface area contributed by atoms with E-state index in [4.69, 9.17) is 4.74 Å². The number of carbonyl (C=O) groups excluding carboxylic acids is 2. The number of amides is 2. The van der Waals surface area contributed by atoms with Gasteiger partial charge in [0.15, 0.2) is 0 Å². The lowest BCUT2D eigenvalue weighted by atomic mass is 10.1. The predicted molar refractivity (Wildman–Crippen MR) is 61.4 cm³/mol. The molecule has 2 N–H and O–H groups in total. The van der Waals surface area contributed by atoms with Crippen molar-refractivity contribution in [3.8, 4) is 0 Å². The predicted octanol–water partition coefficient (Wildman–Crippen LogP) is 0.495. The molecule has 0 saturated carbocycles. The van der Waals surface area contributed by atoms with Crippen molar-refractivity contribution in [1.82, 2.24) is 10.6 Å². The average molecular weight is 244 g/mol.